The van der Waals surface area contributed by atoms with E-state index in [0.29, 0.717) is 33.8 Å². The monoisotopic (exact) mass is 354 g/mol. The molecule has 0 radical (unpaired) electrons. The normalized spacial score (nSPS) is 10.0. The van der Waals surface area contributed by atoms with E-state index in [-0.39, 0.29) is 6.73 Å². The van der Waals surface area contributed by atoms with Crippen LogP contribution in [0.4, 0.5) is 10.5 Å². The molecule has 23 heavy (non-hydrogen) atoms. The summed E-state index contributed by atoms with van der Waals surface area (Å²) in [6, 6.07) is 11.6. The van der Waals surface area contributed by atoms with E-state index in [4.69, 9.17) is 32.7 Å². The maximum atomic E-state index is 11.9. The molecule has 2 aromatic rings. The molecule has 0 aliphatic rings. The van der Waals surface area contributed by atoms with Gasteiger partial charge in [-0.05, 0) is 37.3 Å². The Balaban J connectivity index is 1.86. The number of hydrogen-bond acceptors (Lipinski definition) is 3. The van der Waals surface area contributed by atoms with Crippen molar-refractivity contribution < 1.29 is 14.3 Å². The molecule has 0 saturated heterocycles. The Morgan fingerprint density at radius 3 is 2.61 bits per heavy atom. The van der Waals surface area contributed by atoms with Gasteiger partial charge in [-0.2, -0.15) is 0 Å². The Kier molecular flexibility index (Phi) is 6.38. The summed E-state index contributed by atoms with van der Waals surface area (Å²) in [5, 5.41) is 6.16. The van der Waals surface area contributed by atoms with Crippen molar-refractivity contribution in [3.8, 4) is 11.5 Å². The number of nitrogens with one attached hydrogen (secondary N) is 2. The molecule has 0 aliphatic carbocycles. The second-order valence-corrected chi connectivity index (χ2v) is 5.27. The van der Waals surface area contributed by atoms with Gasteiger partial charge in [-0.3, -0.25) is 0 Å². The van der Waals surface area contributed by atoms with Crippen LogP contribution in [-0.4, -0.2) is 19.4 Å². The van der Waals surface area contributed by atoms with Gasteiger partial charge in [0.2, 0.25) is 0 Å². The molecule has 7 heteroatoms. The number of carbonyl (C=O) groups is 1. The summed E-state index contributed by atoms with van der Waals surface area (Å²) < 4.78 is 10.8. The molecule has 0 saturated carbocycles. The zero-order chi connectivity index (χ0) is 16.7. The van der Waals surface area contributed by atoms with E-state index in [1.807, 2.05) is 19.1 Å². The summed E-state index contributed by atoms with van der Waals surface area (Å²) in [5.41, 5.74) is 0.580. The molecule has 5 nitrogen and oxygen atoms in total. The largest absolute Gasteiger partial charge is 0.492 e. The average Bonchev–Trinajstić information content (AvgIpc) is 2.52. The maximum absolute atomic E-state index is 11.9. The van der Waals surface area contributed by atoms with Gasteiger partial charge in [-0.1, -0.05) is 35.3 Å². The topological polar surface area (TPSA) is 59.6 Å². The summed E-state index contributed by atoms with van der Waals surface area (Å²) in [7, 11) is 0. The fourth-order valence-corrected chi connectivity index (χ4v) is 2.25. The molecule has 0 unspecified atom stereocenters. The van der Waals surface area contributed by atoms with Crippen molar-refractivity contribution in [1.29, 1.82) is 0 Å². The number of halogens is 2. The molecule has 2 aromatic carbocycles. The lowest BCUT2D eigenvalue weighted by molar-refractivity contribution is 0.234. The smallest absolute Gasteiger partial charge is 0.321 e. The fraction of sp³-hybridized carbons (Fsp3) is 0.188. The van der Waals surface area contributed by atoms with Gasteiger partial charge in [-0.15, -0.1) is 0 Å². The summed E-state index contributed by atoms with van der Waals surface area (Å²) in [6.45, 7) is 2.35. The Labute approximate surface area is 144 Å². The van der Waals surface area contributed by atoms with Gasteiger partial charge >= 0.3 is 6.03 Å². The van der Waals surface area contributed by atoms with E-state index in [1.54, 1.807) is 30.3 Å². The number of hydrogen-bond donors (Lipinski definition) is 2. The van der Waals surface area contributed by atoms with Gasteiger partial charge in [-0.25, -0.2) is 4.79 Å². The summed E-state index contributed by atoms with van der Waals surface area (Å²) in [6.07, 6.45) is 0. The highest BCUT2D eigenvalue weighted by Gasteiger charge is 2.07. The molecule has 122 valence electrons. The van der Waals surface area contributed by atoms with Crippen LogP contribution in [-0.2, 0) is 0 Å². The van der Waals surface area contributed by atoms with Crippen LogP contribution in [0.5, 0.6) is 11.5 Å². The quantitative estimate of drug-likeness (QED) is 0.748. The zero-order valence-corrected chi connectivity index (χ0v) is 13.9. The van der Waals surface area contributed by atoms with E-state index < -0.39 is 6.03 Å². The molecule has 0 heterocycles. The number of anilines is 1. The maximum Gasteiger partial charge on any atom is 0.321 e. The second-order valence-electron chi connectivity index (χ2n) is 4.42. The van der Waals surface area contributed by atoms with Crippen molar-refractivity contribution in [3.63, 3.8) is 0 Å². The molecule has 2 amide bonds. The molecule has 0 aromatic heterocycles. The highest BCUT2D eigenvalue weighted by atomic mass is 35.5. The summed E-state index contributed by atoms with van der Waals surface area (Å²) >= 11 is 11.8. The zero-order valence-electron chi connectivity index (χ0n) is 12.4. The molecule has 0 bridgehead atoms. The molecule has 2 N–H and O–H groups in total. The Morgan fingerprint density at radius 1 is 1.09 bits per heavy atom. The highest BCUT2D eigenvalue weighted by Crippen LogP contribution is 2.27. The molecular weight excluding hydrogens is 339 g/mol. The third kappa shape index (κ3) is 5.23. The lowest BCUT2D eigenvalue weighted by atomic mass is 10.3. The summed E-state index contributed by atoms with van der Waals surface area (Å²) in [4.78, 5) is 11.9. The third-order valence-corrected chi connectivity index (χ3v) is 3.32. The van der Waals surface area contributed by atoms with Crippen molar-refractivity contribution in [3.05, 3.63) is 52.5 Å². The van der Waals surface area contributed by atoms with Crippen LogP contribution in [0.2, 0.25) is 10.0 Å². The molecule has 2 rings (SSSR count). The predicted molar refractivity (Wildman–Crippen MR) is 91.7 cm³/mol. The van der Waals surface area contributed by atoms with Crippen LogP contribution in [0.1, 0.15) is 6.92 Å². The van der Waals surface area contributed by atoms with Gasteiger partial charge in [0.1, 0.15) is 11.5 Å². The van der Waals surface area contributed by atoms with Gasteiger partial charge in [0.25, 0.3) is 0 Å². The first-order valence-corrected chi connectivity index (χ1v) is 7.70. The number of benzene rings is 2. The number of ether oxygens (including phenoxy) is 2. The Morgan fingerprint density at radius 2 is 1.87 bits per heavy atom. The van der Waals surface area contributed by atoms with Crippen molar-refractivity contribution in [2.45, 2.75) is 6.92 Å². The van der Waals surface area contributed by atoms with Crippen molar-refractivity contribution >= 4 is 34.9 Å². The average molecular weight is 355 g/mol. The molecular formula is C16H16Cl2N2O3. The molecule has 0 aliphatic heterocycles. The van der Waals surface area contributed by atoms with Crippen LogP contribution in [0.15, 0.2) is 42.5 Å². The van der Waals surface area contributed by atoms with Gasteiger partial charge in [0.15, 0.2) is 6.73 Å². The van der Waals surface area contributed by atoms with E-state index in [2.05, 4.69) is 10.6 Å². The van der Waals surface area contributed by atoms with E-state index in [0.717, 1.165) is 0 Å². The lowest BCUT2D eigenvalue weighted by Crippen LogP contribution is -2.32. The standard InChI is InChI=1S/C16H16Cl2N2O3/c1-2-22-15-6-4-3-5-13(15)20-16(21)19-10-23-14-8-7-11(17)9-12(14)18/h3-9H,2,10H2,1H3,(H2,19,20,21). The number of urea groups is 1. The number of carbonyl (C=O) groups excluding carboxylic acids is 1. The lowest BCUT2D eigenvalue weighted by Gasteiger charge is -2.13. The van der Waals surface area contributed by atoms with Crippen LogP contribution >= 0.6 is 23.2 Å². The van der Waals surface area contributed by atoms with Crippen molar-refractivity contribution in [2.75, 3.05) is 18.7 Å². The fourth-order valence-electron chi connectivity index (χ4n) is 1.79. The van der Waals surface area contributed by atoms with Gasteiger partial charge in [0, 0.05) is 5.02 Å². The van der Waals surface area contributed by atoms with Crippen LogP contribution in [0, 0.1) is 0 Å². The number of para-hydroxylation sites is 2. The van der Waals surface area contributed by atoms with Gasteiger partial charge < -0.3 is 20.1 Å². The number of rotatable bonds is 6. The van der Waals surface area contributed by atoms with E-state index >= 15 is 0 Å². The first-order chi connectivity index (χ1) is 11.1. The second kappa shape index (κ2) is 8.50. The van der Waals surface area contributed by atoms with Crippen molar-refractivity contribution in [2.24, 2.45) is 0 Å². The highest BCUT2D eigenvalue weighted by molar-refractivity contribution is 6.35. The van der Waals surface area contributed by atoms with Crippen LogP contribution < -0.4 is 20.1 Å². The van der Waals surface area contributed by atoms with E-state index in [9.17, 15) is 4.79 Å². The summed E-state index contributed by atoms with van der Waals surface area (Å²) in [5.74, 6) is 1.04. The SMILES string of the molecule is CCOc1ccccc1NC(=O)NCOc1ccc(Cl)cc1Cl. The third-order valence-electron chi connectivity index (χ3n) is 2.79. The minimum Gasteiger partial charge on any atom is -0.492 e. The van der Waals surface area contributed by atoms with Crippen LogP contribution in [0.25, 0.3) is 0 Å². The Hall–Kier alpha value is -2.11. The predicted octanol–water partition coefficient (Wildman–Crippen LogP) is 4.55. The molecule has 0 spiro atoms. The first kappa shape index (κ1) is 17.2. The van der Waals surface area contributed by atoms with E-state index in [1.165, 1.54) is 0 Å². The molecule has 0 fully saturated rings. The minimum atomic E-state index is -0.415. The molecule has 0 atom stereocenters. The number of amides is 2. The first-order valence-electron chi connectivity index (χ1n) is 6.94. The minimum absolute atomic E-state index is 0.0377. The Bertz CT molecular complexity index is 680. The van der Waals surface area contributed by atoms with Crippen LogP contribution in [0.3, 0.4) is 0 Å². The van der Waals surface area contributed by atoms with Gasteiger partial charge in [0.05, 0.1) is 17.3 Å². The van der Waals surface area contributed by atoms with Crippen molar-refractivity contribution in [1.82, 2.24) is 5.32 Å².